The molecule has 1 N–H and O–H groups in total. The van der Waals surface area contributed by atoms with E-state index in [1.165, 1.54) is 17.8 Å². The van der Waals surface area contributed by atoms with Crippen molar-refractivity contribution in [1.82, 2.24) is 0 Å². The molecular formula is C14H11BrF2OS. The smallest absolute Gasteiger partial charge is 0.159 e. The highest BCUT2D eigenvalue weighted by molar-refractivity contribution is 9.10. The van der Waals surface area contributed by atoms with Crippen LogP contribution in [0.15, 0.2) is 51.8 Å². The van der Waals surface area contributed by atoms with Gasteiger partial charge >= 0.3 is 0 Å². The molecule has 1 nitrogen and oxygen atoms in total. The fourth-order valence-corrected chi connectivity index (χ4v) is 3.03. The lowest BCUT2D eigenvalue weighted by Gasteiger charge is -2.11. The van der Waals surface area contributed by atoms with Crippen LogP contribution in [0, 0.1) is 11.6 Å². The minimum absolute atomic E-state index is 0.376. The molecule has 0 radical (unpaired) electrons. The highest BCUT2D eigenvalue weighted by Gasteiger charge is 2.11. The average Bonchev–Trinajstić information content (AvgIpc) is 2.39. The fraction of sp³-hybridized carbons (Fsp3) is 0.143. The van der Waals surface area contributed by atoms with Crippen LogP contribution in [0.5, 0.6) is 0 Å². The quantitative estimate of drug-likeness (QED) is 0.821. The maximum atomic E-state index is 13.1. The van der Waals surface area contributed by atoms with Gasteiger partial charge in [0.15, 0.2) is 11.6 Å². The number of halogens is 3. The molecule has 1 atom stereocenters. The van der Waals surface area contributed by atoms with Gasteiger partial charge in [-0.3, -0.25) is 0 Å². The van der Waals surface area contributed by atoms with Gasteiger partial charge in [0.05, 0.1) is 6.10 Å². The third-order valence-electron chi connectivity index (χ3n) is 2.53. The summed E-state index contributed by atoms with van der Waals surface area (Å²) in [6, 6.07) is 11.1. The van der Waals surface area contributed by atoms with Crippen molar-refractivity contribution in [1.29, 1.82) is 0 Å². The predicted molar refractivity (Wildman–Crippen MR) is 76.2 cm³/mol. The standard InChI is InChI=1S/C14H11BrF2OS/c15-10-2-1-3-11(7-10)19-8-14(18)9-4-5-12(16)13(17)6-9/h1-7,14,18H,8H2. The van der Waals surface area contributed by atoms with Crippen LogP contribution < -0.4 is 0 Å². The van der Waals surface area contributed by atoms with Crippen LogP contribution in [0.2, 0.25) is 0 Å². The summed E-state index contributed by atoms with van der Waals surface area (Å²) in [7, 11) is 0. The Morgan fingerprint density at radius 1 is 1.11 bits per heavy atom. The molecule has 0 aliphatic heterocycles. The molecule has 5 heteroatoms. The summed E-state index contributed by atoms with van der Waals surface area (Å²) >= 11 is 4.82. The summed E-state index contributed by atoms with van der Waals surface area (Å²) in [5, 5.41) is 9.94. The van der Waals surface area contributed by atoms with Gasteiger partial charge in [0.1, 0.15) is 0 Å². The Morgan fingerprint density at radius 3 is 2.58 bits per heavy atom. The van der Waals surface area contributed by atoms with Gasteiger partial charge in [0.25, 0.3) is 0 Å². The molecule has 0 bridgehead atoms. The van der Waals surface area contributed by atoms with Gasteiger partial charge in [0.2, 0.25) is 0 Å². The fourth-order valence-electron chi connectivity index (χ4n) is 1.55. The van der Waals surface area contributed by atoms with Crippen LogP contribution >= 0.6 is 27.7 Å². The zero-order valence-corrected chi connectivity index (χ0v) is 12.2. The third kappa shape index (κ3) is 4.03. The molecule has 19 heavy (non-hydrogen) atoms. The summed E-state index contributed by atoms with van der Waals surface area (Å²) in [6.07, 6.45) is -0.834. The monoisotopic (exact) mass is 344 g/mol. The molecule has 1 unspecified atom stereocenters. The lowest BCUT2D eigenvalue weighted by molar-refractivity contribution is 0.203. The first-order valence-corrected chi connectivity index (χ1v) is 7.35. The zero-order chi connectivity index (χ0) is 13.8. The topological polar surface area (TPSA) is 20.2 Å². The Labute approximate surface area is 122 Å². The second-order valence-corrected chi connectivity index (χ2v) is 5.97. The molecule has 0 aliphatic rings. The van der Waals surface area contributed by atoms with Crippen LogP contribution in [-0.4, -0.2) is 10.9 Å². The van der Waals surface area contributed by atoms with E-state index in [0.29, 0.717) is 11.3 Å². The van der Waals surface area contributed by atoms with Gasteiger partial charge in [-0.05, 0) is 35.9 Å². The summed E-state index contributed by atoms with van der Waals surface area (Å²) in [6.45, 7) is 0. The van der Waals surface area contributed by atoms with Crippen LogP contribution in [0.25, 0.3) is 0 Å². The van der Waals surface area contributed by atoms with Gasteiger partial charge in [0, 0.05) is 15.1 Å². The number of aliphatic hydroxyl groups excluding tert-OH is 1. The molecule has 0 saturated carbocycles. The number of thioether (sulfide) groups is 1. The number of hydrogen-bond donors (Lipinski definition) is 1. The first-order valence-electron chi connectivity index (χ1n) is 5.57. The summed E-state index contributed by atoms with van der Waals surface area (Å²) in [5.41, 5.74) is 0.376. The first kappa shape index (κ1) is 14.5. The number of hydrogen-bond acceptors (Lipinski definition) is 2. The van der Waals surface area contributed by atoms with Crippen molar-refractivity contribution in [3.63, 3.8) is 0 Å². The van der Waals surface area contributed by atoms with Crippen molar-refractivity contribution in [2.75, 3.05) is 5.75 Å². The molecule has 0 aromatic heterocycles. The second kappa shape index (κ2) is 6.50. The molecule has 0 fully saturated rings. The first-order chi connectivity index (χ1) is 9.06. The third-order valence-corrected chi connectivity index (χ3v) is 4.10. The van der Waals surface area contributed by atoms with E-state index < -0.39 is 17.7 Å². The van der Waals surface area contributed by atoms with Crippen molar-refractivity contribution >= 4 is 27.7 Å². The summed E-state index contributed by atoms with van der Waals surface area (Å²) in [5.74, 6) is -1.47. The molecule has 2 aromatic rings. The van der Waals surface area contributed by atoms with E-state index in [4.69, 9.17) is 0 Å². The second-order valence-electron chi connectivity index (χ2n) is 3.96. The van der Waals surface area contributed by atoms with Crippen molar-refractivity contribution in [2.24, 2.45) is 0 Å². The van der Waals surface area contributed by atoms with Crippen molar-refractivity contribution < 1.29 is 13.9 Å². The van der Waals surface area contributed by atoms with Gasteiger partial charge in [-0.15, -0.1) is 11.8 Å². The lowest BCUT2D eigenvalue weighted by Crippen LogP contribution is -2.01. The van der Waals surface area contributed by atoms with Gasteiger partial charge < -0.3 is 5.11 Å². The molecular weight excluding hydrogens is 334 g/mol. The molecule has 0 spiro atoms. The van der Waals surface area contributed by atoms with E-state index in [1.54, 1.807) is 0 Å². The predicted octanol–water partition coefficient (Wildman–Crippen LogP) is 4.55. The van der Waals surface area contributed by atoms with E-state index in [9.17, 15) is 13.9 Å². The Bertz CT molecular complexity index is 577. The Hall–Kier alpha value is -0.910. The van der Waals surface area contributed by atoms with Crippen LogP contribution in [0.3, 0.4) is 0 Å². The minimum Gasteiger partial charge on any atom is -0.388 e. The summed E-state index contributed by atoms with van der Waals surface area (Å²) < 4.78 is 26.8. The molecule has 0 saturated heterocycles. The Kier molecular flexibility index (Phi) is 4.96. The Morgan fingerprint density at radius 2 is 1.89 bits per heavy atom. The van der Waals surface area contributed by atoms with Crippen LogP contribution in [0.1, 0.15) is 11.7 Å². The van der Waals surface area contributed by atoms with E-state index in [-0.39, 0.29) is 0 Å². The molecule has 0 heterocycles. The summed E-state index contributed by atoms with van der Waals surface area (Å²) in [4.78, 5) is 0.996. The molecule has 0 aliphatic carbocycles. The van der Waals surface area contributed by atoms with Crippen molar-refractivity contribution in [3.05, 3.63) is 64.1 Å². The highest BCUT2D eigenvalue weighted by atomic mass is 79.9. The average molecular weight is 345 g/mol. The Balaban J connectivity index is 2.01. The normalized spacial score (nSPS) is 12.4. The molecule has 100 valence electrons. The lowest BCUT2D eigenvalue weighted by atomic mass is 10.1. The number of rotatable bonds is 4. The van der Waals surface area contributed by atoms with Gasteiger partial charge in [-0.1, -0.05) is 28.1 Å². The maximum Gasteiger partial charge on any atom is 0.159 e. The highest BCUT2D eigenvalue weighted by Crippen LogP contribution is 2.27. The van der Waals surface area contributed by atoms with E-state index >= 15 is 0 Å². The zero-order valence-electron chi connectivity index (χ0n) is 9.82. The van der Waals surface area contributed by atoms with E-state index in [2.05, 4.69) is 15.9 Å². The van der Waals surface area contributed by atoms with Crippen molar-refractivity contribution in [2.45, 2.75) is 11.0 Å². The van der Waals surface area contributed by atoms with Gasteiger partial charge in [-0.25, -0.2) is 8.78 Å². The van der Waals surface area contributed by atoms with E-state index in [0.717, 1.165) is 21.5 Å². The molecule has 2 aromatic carbocycles. The van der Waals surface area contributed by atoms with E-state index in [1.807, 2.05) is 24.3 Å². The molecule has 0 amide bonds. The van der Waals surface area contributed by atoms with Crippen LogP contribution in [-0.2, 0) is 0 Å². The van der Waals surface area contributed by atoms with Crippen molar-refractivity contribution in [3.8, 4) is 0 Å². The molecule has 2 rings (SSSR count). The number of aliphatic hydroxyl groups is 1. The van der Waals surface area contributed by atoms with Crippen LogP contribution in [0.4, 0.5) is 8.78 Å². The maximum absolute atomic E-state index is 13.1. The number of benzene rings is 2. The SMILES string of the molecule is OC(CSc1cccc(Br)c1)c1ccc(F)c(F)c1. The largest absolute Gasteiger partial charge is 0.388 e. The van der Waals surface area contributed by atoms with Gasteiger partial charge in [-0.2, -0.15) is 0 Å². The minimum atomic E-state index is -0.941.